The number of nitro groups is 1. The second-order valence-corrected chi connectivity index (χ2v) is 5.21. The van der Waals surface area contributed by atoms with Crippen molar-refractivity contribution in [1.82, 2.24) is 4.90 Å². The number of hydrogen-bond donors (Lipinski definition) is 0. The summed E-state index contributed by atoms with van der Waals surface area (Å²) in [5.74, 6) is 0.152. The number of halogens is 1. The molecular weight excluding hydrogens is 278 g/mol. The molecule has 0 heterocycles. The SMILES string of the molecule is CCN(CCCN(C)C)c1ccc([N+](=O)[O-])c(CCl)c1. The van der Waals surface area contributed by atoms with Gasteiger partial charge in [-0.05, 0) is 46.1 Å². The number of nitrogens with zero attached hydrogens (tertiary/aromatic N) is 3. The zero-order valence-electron chi connectivity index (χ0n) is 12.3. The lowest BCUT2D eigenvalue weighted by Gasteiger charge is -2.24. The Morgan fingerprint density at radius 1 is 1.30 bits per heavy atom. The van der Waals surface area contributed by atoms with Gasteiger partial charge in [-0.25, -0.2) is 0 Å². The van der Waals surface area contributed by atoms with Crippen LogP contribution in [0.1, 0.15) is 18.9 Å². The lowest BCUT2D eigenvalue weighted by molar-refractivity contribution is -0.385. The number of alkyl halides is 1. The van der Waals surface area contributed by atoms with Crippen molar-refractivity contribution in [3.8, 4) is 0 Å². The maximum atomic E-state index is 10.9. The number of nitro benzene ring substituents is 1. The van der Waals surface area contributed by atoms with E-state index in [0.29, 0.717) is 5.56 Å². The minimum atomic E-state index is -0.385. The summed E-state index contributed by atoms with van der Waals surface area (Å²) in [5, 5.41) is 10.9. The molecule has 0 unspecified atom stereocenters. The van der Waals surface area contributed by atoms with Crippen molar-refractivity contribution < 1.29 is 4.92 Å². The monoisotopic (exact) mass is 299 g/mol. The second kappa shape index (κ2) is 8.07. The number of benzene rings is 1. The first-order valence-corrected chi connectivity index (χ1v) is 7.26. The van der Waals surface area contributed by atoms with Crippen molar-refractivity contribution >= 4 is 23.0 Å². The van der Waals surface area contributed by atoms with Crippen LogP contribution in [0.4, 0.5) is 11.4 Å². The van der Waals surface area contributed by atoms with E-state index >= 15 is 0 Å². The molecule has 0 radical (unpaired) electrons. The Bertz CT molecular complexity index is 452. The van der Waals surface area contributed by atoms with Gasteiger partial charge < -0.3 is 9.80 Å². The maximum absolute atomic E-state index is 10.9. The van der Waals surface area contributed by atoms with Gasteiger partial charge in [-0.1, -0.05) is 0 Å². The van der Waals surface area contributed by atoms with Crippen molar-refractivity contribution in [1.29, 1.82) is 0 Å². The van der Waals surface area contributed by atoms with Crippen LogP contribution in [-0.4, -0.2) is 43.6 Å². The Morgan fingerprint density at radius 2 is 2.00 bits per heavy atom. The van der Waals surface area contributed by atoms with Crippen LogP contribution >= 0.6 is 11.6 Å². The van der Waals surface area contributed by atoms with Crippen LogP contribution in [0.25, 0.3) is 0 Å². The summed E-state index contributed by atoms with van der Waals surface area (Å²) in [5.41, 5.74) is 1.65. The van der Waals surface area contributed by atoms with Crippen molar-refractivity contribution in [3.05, 3.63) is 33.9 Å². The van der Waals surface area contributed by atoms with Gasteiger partial charge in [0.15, 0.2) is 0 Å². The highest BCUT2D eigenvalue weighted by molar-refractivity contribution is 6.17. The summed E-state index contributed by atoms with van der Waals surface area (Å²) in [7, 11) is 4.10. The van der Waals surface area contributed by atoms with Gasteiger partial charge in [0.2, 0.25) is 0 Å². The molecule has 1 aromatic carbocycles. The number of hydrogen-bond acceptors (Lipinski definition) is 4. The molecule has 0 N–H and O–H groups in total. The zero-order valence-corrected chi connectivity index (χ0v) is 13.1. The topological polar surface area (TPSA) is 49.6 Å². The molecule has 1 aromatic rings. The molecule has 0 aliphatic rings. The Morgan fingerprint density at radius 3 is 2.50 bits per heavy atom. The highest BCUT2D eigenvalue weighted by Gasteiger charge is 2.15. The van der Waals surface area contributed by atoms with E-state index in [1.54, 1.807) is 12.1 Å². The van der Waals surface area contributed by atoms with Crippen LogP contribution in [0.15, 0.2) is 18.2 Å². The molecule has 0 saturated carbocycles. The van der Waals surface area contributed by atoms with E-state index in [0.717, 1.165) is 31.7 Å². The quantitative estimate of drug-likeness (QED) is 0.420. The Balaban J connectivity index is 2.84. The maximum Gasteiger partial charge on any atom is 0.273 e. The van der Waals surface area contributed by atoms with Gasteiger partial charge in [-0.2, -0.15) is 0 Å². The lowest BCUT2D eigenvalue weighted by Crippen LogP contribution is -2.27. The first-order valence-electron chi connectivity index (χ1n) is 6.72. The van der Waals surface area contributed by atoms with Crippen molar-refractivity contribution in [2.75, 3.05) is 38.6 Å². The summed E-state index contributed by atoms with van der Waals surface area (Å²) in [6.45, 7) is 4.89. The van der Waals surface area contributed by atoms with E-state index < -0.39 is 0 Å². The van der Waals surface area contributed by atoms with E-state index in [9.17, 15) is 10.1 Å². The van der Waals surface area contributed by atoms with Crippen LogP contribution in [0, 0.1) is 10.1 Å². The Labute approximate surface area is 125 Å². The van der Waals surface area contributed by atoms with Gasteiger partial charge in [0.05, 0.1) is 10.8 Å². The van der Waals surface area contributed by atoms with E-state index in [1.807, 2.05) is 20.2 Å². The van der Waals surface area contributed by atoms with Gasteiger partial charge in [0.1, 0.15) is 0 Å². The Kier molecular flexibility index (Phi) is 6.75. The van der Waals surface area contributed by atoms with Gasteiger partial charge in [0.25, 0.3) is 5.69 Å². The largest absolute Gasteiger partial charge is 0.372 e. The average Bonchev–Trinajstić information content (AvgIpc) is 2.42. The molecule has 0 aliphatic heterocycles. The van der Waals surface area contributed by atoms with Crippen LogP contribution in [0.3, 0.4) is 0 Å². The molecule has 6 heteroatoms. The summed E-state index contributed by atoms with van der Waals surface area (Å²) >= 11 is 5.81. The summed E-state index contributed by atoms with van der Waals surface area (Å²) < 4.78 is 0. The van der Waals surface area contributed by atoms with E-state index in [4.69, 9.17) is 11.6 Å². The molecule has 1 rings (SSSR count). The van der Waals surface area contributed by atoms with Crippen molar-refractivity contribution in [3.63, 3.8) is 0 Å². The highest BCUT2D eigenvalue weighted by atomic mass is 35.5. The normalized spacial score (nSPS) is 10.8. The first-order chi connectivity index (χ1) is 9.49. The predicted molar refractivity (Wildman–Crippen MR) is 83.7 cm³/mol. The number of anilines is 1. The standard InChI is InChI=1S/C14H22ClN3O2/c1-4-17(9-5-8-16(2)3)13-6-7-14(18(19)20)12(10-13)11-15/h6-7,10H,4-5,8-9,11H2,1-3H3. The molecule has 5 nitrogen and oxygen atoms in total. The van der Waals surface area contributed by atoms with Crippen LogP contribution in [0.5, 0.6) is 0 Å². The van der Waals surface area contributed by atoms with E-state index in [1.165, 1.54) is 0 Å². The van der Waals surface area contributed by atoms with E-state index in [2.05, 4.69) is 16.7 Å². The molecule has 0 bridgehead atoms. The molecular formula is C14H22ClN3O2. The first kappa shape index (κ1) is 16.7. The zero-order chi connectivity index (χ0) is 15.1. The molecule has 0 fully saturated rings. The number of rotatable bonds is 8. The summed E-state index contributed by atoms with van der Waals surface area (Å²) in [6, 6.07) is 5.17. The van der Waals surface area contributed by atoms with Crippen molar-refractivity contribution in [2.45, 2.75) is 19.2 Å². The van der Waals surface area contributed by atoms with Gasteiger partial charge >= 0.3 is 0 Å². The smallest absolute Gasteiger partial charge is 0.273 e. The minimum absolute atomic E-state index is 0.0908. The average molecular weight is 300 g/mol. The molecule has 0 aromatic heterocycles. The predicted octanol–water partition coefficient (Wildman–Crippen LogP) is 3.11. The third-order valence-corrected chi connectivity index (χ3v) is 3.47. The molecule has 0 saturated heterocycles. The fraction of sp³-hybridized carbons (Fsp3) is 0.571. The van der Waals surface area contributed by atoms with Crippen LogP contribution < -0.4 is 4.90 Å². The fourth-order valence-corrected chi connectivity index (χ4v) is 2.32. The molecule has 0 amide bonds. The van der Waals surface area contributed by atoms with Gasteiger partial charge in [-0.15, -0.1) is 11.6 Å². The van der Waals surface area contributed by atoms with Gasteiger partial charge in [0, 0.05) is 30.4 Å². The second-order valence-electron chi connectivity index (χ2n) is 4.94. The molecule has 0 atom stereocenters. The highest BCUT2D eigenvalue weighted by Crippen LogP contribution is 2.26. The molecule has 20 heavy (non-hydrogen) atoms. The summed E-state index contributed by atoms with van der Waals surface area (Å²) in [6.07, 6.45) is 1.05. The lowest BCUT2D eigenvalue weighted by atomic mass is 10.1. The fourth-order valence-electron chi connectivity index (χ4n) is 2.10. The summed E-state index contributed by atoms with van der Waals surface area (Å²) in [4.78, 5) is 14.9. The van der Waals surface area contributed by atoms with Gasteiger partial charge in [-0.3, -0.25) is 10.1 Å². The molecule has 112 valence electrons. The van der Waals surface area contributed by atoms with E-state index in [-0.39, 0.29) is 16.5 Å². The van der Waals surface area contributed by atoms with Crippen LogP contribution in [-0.2, 0) is 5.88 Å². The molecule has 0 spiro atoms. The third kappa shape index (κ3) is 4.65. The van der Waals surface area contributed by atoms with Crippen LogP contribution in [0.2, 0.25) is 0 Å². The Hall–Kier alpha value is -1.33. The molecule has 0 aliphatic carbocycles. The minimum Gasteiger partial charge on any atom is -0.372 e. The van der Waals surface area contributed by atoms with Crippen molar-refractivity contribution in [2.24, 2.45) is 0 Å². The third-order valence-electron chi connectivity index (χ3n) is 3.18.